The second-order valence-electron chi connectivity index (χ2n) is 38.7. The summed E-state index contributed by atoms with van der Waals surface area (Å²) in [5.74, 6) is 0.973. The van der Waals surface area contributed by atoms with Crippen LogP contribution in [-0.2, 0) is 21.7 Å². The van der Waals surface area contributed by atoms with E-state index in [1.54, 1.807) is 48.9 Å². The fraction of sp³-hybridized carbons (Fsp3) is 0.412. The maximum atomic E-state index is 16.4. The van der Waals surface area contributed by atoms with Crippen LogP contribution in [0.1, 0.15) is 267 Å². The molecule has 0 N–H and O–H groups in total. The molecule has 10 aromatic carbocycles. The molecule has 0 fully saturated rings. The second kappa shape index (κ2) is 28.3. The van der Waals surface area contributed by atoms with Gasteiger partial charge in [0, 0.05) is 67.7 Å². The van der Waals surface area contributed by atoms with E-state index in [-0.39, 0.29) is 101 Å². The van der Waals surface area contributed by atoms with Gasteiger partial charge in [0.2, 0.25) is 0 Å². The molecule has 1 atom stereocenters. The smallest absolute Gasteiger partial charge is 0.266 e. The third-order valence-electron chi connectivity index (χ3n) is 22.2. The lowest BCUT2D eigenvalue weighted by Gasteiger charge is -2.34. The molecule has 109 heavy (non-hydrogen) atoms. The first-order chi connectivity index (χ1) is 51.0. The van der Waals surface area contributed by atoms with E-state index in [0.29, 0.717) is 71.8 Å². The van der Waals surface area contributed by atoms with Crippen LogP contribution in [0, 0.1) is 27.6 Å². The maximum Gasteiger partial charge on any atom is 0.266 e. The summed E-state index contributed by atoms with van der Waals surface area (Å²) in [5.41, 5.74) is 5.88. The molecule has 0 aliphatic carbocycles. The van der Waals surface area contributed by atoms with E-state index in [1.165, 1.54) is 9.80 Å². The molecule has 2 aliphatic rings. The largest absolute Gasteiger partial charge is 0.457 e. The number of carbonyl (C=O) groups is 4. The SMILES string of the molecule is CCCCC(CC)CN1C(=O)c2cc(Oc3ccc(C(C)(C)CC(C)(C)C)cc3)c3c4c(Oc5ccc(C(C)(C)CC(C)(C)C)cc5)cc5c6c(cc(Oc7ccc(C(C)(C)CC(C)(C)C)cc7)c(c7c(Oc8ccc(C(C)(C)CC(C)(C)C)cc8)cc(c2c37)C1=O)c64)C(=O)N(c1ccc(-n2ccnc2)cc1)C5=O. The van der Waals surface area contributed by atoms with Crippen LogP contribution in [0.2, 0.25) is 0 Å². The van der Waals surface area contributed by atoms with Gasteiger partial charge in [0.25, 0.3) is 23.6 Å². The first-order valence-corrected chi connectivity index (χ1v) is 39.4. The molecule has 568 valence electrons. The summed E-state index contributed by atoms with van der Waals surface area (Å²) >= 11 is 0. The van der Waals surface area contributed by atoms with Gasteiger partial charge in [0.05, 0.1) is 34.3 Å². The van der Waals surface area contributed by atoms with Crippen molar-refractivity contribution in [1.82, 2.24) is 14.5 Å². The number of imide groups is 2. The Bertz CT molecular complexity index is 5010. The molecular formula is C97H112N4O8. The number of anilines is 1. The first kappa shape index (κ1) is 77.4. The van der Waals surface area contributed by atoms with Crippen LogP contribution < -0.4 is 23.8 Å². The molecule has 12 nitrogen and oxygen atoms in total. The minimum atomic E-state index is -0.579. The number of hydrogen-bond donors (Lipinski definition) is 0. The van der Waals surface area contributed by atoms with Crippen molar-refractivity contribution in [3.05, 3.63) is 209 Å². The van der Waals surface area contributed by atoms with Gasteiger partial charge in [0.15, 0.2) is 0 Å². The van der Waals surface area contributed by atoms with Gasteiger partial charge in [-0.15, -0.1) is 0 Å². The number of nitrogens with zero attached hydrogens (tertiary/aromatic N) is 4. The highest BCUT2D eigenvalue weighted by atomic mass is 16.5. The van der Waals surface area contributed by atoms with Crippen LogP contribution >= 0.6 is 0 Å². The number of carbonyl (C=O) groups excluding carboxylic acids is 4. The first-order valence-electron chi connectivity index (χ1n) is 39.4. The molecule has 0 spiro atoms. The average Bonchev–Trinajstić information content (AvgIpc) is 0.741. The van der Waals surface area contributed by atoms with Gasteiger partial charge in [-0.3, -0.25) is 24.1 Å². The third kappa shape index (κ3) is 15.6. The van der Waals surface area contributed by atoms with E-state index in [1.807, 2.05) is 71.4 Å². The van der Waals surface area contributed by atoms with Gasteiger partial charge in [0.1, 0.15) is 46.0 Å². The lowest BCUT2D eigenvalue weighted by atomic mass is 9.72. The molecule has 12 heteroatoms. The molecule has 11 aromatic rings. The number of imidazole rings is 1. The standard InChI is InChI=1S/C97H112N4O8/c1-23-25-26-59(24-2)53-100-86(102)70-49-74(106-66-39-27-60(28-40-66)94(15,16)54-90(3,4)5)80-82-76(108-68-43-31-62(32-44-68)96(19,20)56-92(9,10)11)51-72-79-73(89(105)101(88(72)104)65-37-35-64(36-38-65)99-48-47-98-58-99)52-77(109-69-45-33-63(34-46-69)97(21,22)57-93(12,13)14)83(85(79)82)81-75(50-71(87(100)103)78(70)84(80)81)107-67-41-29-61(30-42-67)95(17,18)55-91(6,7)8/h27-52,58-59H,23-26,53-57H2,1-22H3. The monoisotopic (exact) mass is 1460 g/mol. The van der Waals surface area contributed by atoms with E-state index in [9.17, 15) is 0 Å². The lowest BCUT2D eigenvalue weighted by Crippen LogP contribution is -2.43. The zero-order valence-electron chi connectivity index (χ0n) is 68.6. The van der Waals surface area contributed by atoms with Crippen LogP contribution in [0.25, 0.3) is 48.8 Å². The number of rotatable bonds is 24. The number of aromatic nitrogens is 2. The summed E-state index contributed by atoms with van der Waals surface area (Å²) < 4.78 is 32.0. The third-order valence-corrected chi connectivity index (χ3v) is 22.2. The zero-order chi connectivity index (χ0) is 78.6. The molecule has 2 aliphatic heterocycles. The summed E-state index contributed by atoms with van der Waals surface area (Å²) in [7, 11) is 0. The Morgan fingerprint density at radius 1 is 0.358 bits per heavy atom. The Kier molecular flexibility index (Phi) is 20.0. The van der Waals surface area contributed by atoms with Crippen molar-refractivity contribution < 1.29 is 38.1 Å². The average molecular weight is 1460 g/mol. The highest BCUT2D eigenvalue weighted by Crippen LogP contribution is 2.59. The van der Waals surface area contributed by atoms with Crippen LogP contribution in [0.4, 0.5) is 5.69 Å². The Morgan fingerprint density at radius 3 is 0.917 bits per heavy atom. The molecule has 3 heterocycles. The van der Waals surface area contributed by atoms with Gasteiger partial charge < -0.3 is 23.5 Å². The fourth-order valence-electron chi connectivity index (χ4n) is 18.8. The van der Waals surface area contributed by atoms with Crippen LogP contribution in [0.3, 0.4) is 0 Å². The normalized spacial score (nSPS) is 14.5. The van der Waals surface area contributed by atoms with Crippen molar-refractivity contribution in [1.29, 1.82) is 0 Å². The minimum absolute atomic E-state index is 0.0296. The molecule has 0 saturated heterocycles. The molecule has 1 unspecified atom stereocenters. The van der Waals surface area contributed by atoms with E-state index in [4.69, 9.17) is 18.9 Å². The Balaban J connectivity index is 1.18. The molecule has 0 saturated carbocycles. The summed E-state index contributed by atoms with van der Waals surface area (Å²) in [6.45, 7) is 49.7. The van der Waals surface area contributed by atoms with Crippen molar-refractivity contribution in [2.24, 2.45) is 27.6 Å². The van der Waals surface area contributed by atoms with Gasteiger partial charge in [-0.05, 0) is 201 Å². The Labute approximate surface area is 646 Å². The van der Waals surface area contributed by atoms with Crippen molar-refractivity contribution in [3.63, 3.8) is 0 Å². The summed E-state index contributed by atoms with van der Waals surface area (Å²) in [5, 5.41) is 3.51. The lowest BCUT2D eigenvalue weighted by molar-refractivity contribution is 0.0578. The second-order valence-corrected chi connectivity index (χ2v) is 38.7. The molecule has 1 aromatic heterocycles. The predicted octanol–water partition coefficient (Wildman–Crippen LogP) is 26.6. The van der Waals surface area contributed by atoms with Crippen LogP contribution in [0.5, 0.6) is 46.0 Å². The topological polar surface area (TPSA) is 130 Å². The summed E-state index contributed by atoms with van der Waals surface area (Å²) in [4.78, 5) is 72.2. The van der Waals surface area contributed by atoms with E-state index >= 15 is 19.2 Å². The quantitative estimate of drug-likeness (QED) is 0.0330. The molecular weight excluding hydrogens is 1350 g/mol. The van der Waals surface area contributed by atoms with Gasteiger partial charge in [-0.25, -0.2) is 9.88 Å². The molecule has 13 rings (SSSR count). The van der Waals surface area contributed by atoms with Gasteiger partial charge in [-0.2, -0.15) is 0 Å². The van der Waals surface area contributed by atoms with Crippen molar-refractivity contribution in [3.8, 4) is 51.7 Å². The summed E-state index contributed by atoms with van der Waals surface area (Å²) in [6.07, 6.45) is 12.4. The highest BCUT2D eigenvalue weighted by Gasteiger charge is 2.43. The Morgan fingerprint density at radius 2 is 0.651 bits per heavy atom. The number of amides is 4. The van der Waals surface area contributed by atoms with Crippen molar-refractivity contribution in [2.75, 3.05) is 11.4 Å². The van der Waals surface area contributed by atoms with E-state index in [0.717, 1.165) is 79.3 Å². The number of unbranched alkanes of at least 4 members (excludes halogenated alkanes) is 1. The molecule has 0 radical (unpaired) electrons. The zero-order valence-corrected chi connectivity index (χ0v) is 68.6. The van der Waals surface area contributed by atoms with Gasteiger partial charge in [-0.1, -0.05) is 220 Å². The van der Waals surface area contributed by atoms with Crippen LogP contribution in [0.15, 0.2) is 164 Å². The molecule has 0 bridgehead atoms. The highest BCUT2D eigenvalue weighted by molar-refractivity contribution is 6.46. The van der Waals surface area contributed by atoms with Crippen molar-refractivity contribution in [2.45, 2.75) is 225 Å². The minimum Gasteiger partial charge on any atom is -0.457 e. The predicted molar refractivity (Wildman–Crippen MR) is 445 cm³/mol. The fourth-order valence-corrected chi connectivity index (χ4v) is 18.8. The Hall–Kier alpha value is -9.81. The number of hydrogen-bond acceptors (Lipinski definition) is 9. The number of benzene rings is 10. The van der Waals surface area contributed by atoms with E-state index < -0.39 is 23.6 Å². The summed E-state index contributed by atoms with van der Waals surface area (Å²) in [6, 6.07) is 47.2. The maximum absolute atomic E-state index is 16.4. The number of ether oxygens (including phenoxy) is 4. The number of fused-ring (bicyclic) bond motifs is 2. The van der Waals surface area contributed by atoms with Gasteiger partial charge >= 0.3 is 0 Å². The molecule has 4 amide bonds. The van der Waals surface area contributed by atoms with Crippen molar-refractivity contribution >= 4 is 72.4 Å². The van der Waals surface area contributed by atoms with E-state index in [2.05, 4.69) is 206 Å². The van der Waals surface area contributed by atoms with Crippen LogP contribution in [-0.4, -0.2) is 44.6 Å².